The molecule has 0 bridgehead atoms. The van der Waals surface area contributed by atoms with Crippen LogP contribution in [-0.2, 0) is 0 Å². The van der Waals surface area contributed by atoms with E-state index in [1.165, 1.54) is 12.8 Å². The van der Waals surface area contributed by atoms with E-state index >= 15 is 0 Å². The van der Waals surface area contributed by atoms with E-state index in [0.29, 0.717) is 12.6 Å². The molecule has 1 aliphatic rings. The lowest BCUT2D eigenvalue weighted by Crippen LogP contribution is -2.52. The van der Waals surface area contributed by atoms with Crippen molar-refractivity contribution in [1.29, 1.82) is 0 Å². The summed E-state index contributed by atoms with van der Waals surface area (Å²) in [5.74, 6) is 0. The molecule has 0 spiro atoms. The lowest BCUT2D eigenvalue weighted by Gasteiger charge is -2.39. The third kappa shape index (κ3) is 4.37. The van der Waals surface area contributed by atoms with Crippen molar-refractivity contribution in [3.8, 4) is 0 Å². The smallest absolute Gasteiger partial charge is 0.0443 e. The van der Waals surface area contributed by atoms with Gasteiger partial charge in [-0.2, -0.15) is 0 Å². The Bertz CT molecular complexity index is 170. The Morgan fingerprint density at radius 2 is 1.94 bits per heavy atom. The van der Waals surface area contributed by atoms with Gasteiger partial charge in [0, 0.05) is 51.9 Å². The first-order valence-electron chi connectivity index (χ1n) is 6.59. The van der Waals surface area contributed by atoms with Gasteiger partial charge in [-0.25, -0.2) is 0 Å². The molecule has 0 aliphatic carbocycles. The molecule has 0 radical (unpaired) electrons. The lowest BCUT2D eigenvalue weighted by molar-refractivity contribution is 0.0902. The SMILES string of the molecule is CCCC(CN)N1CCN(CCCO)CC1. The van der Waals surface area contributed by atoms with Crippen molar-refractivity contribution in [2.24, 2.45) is 5.73 Å². The minimum Gasteiger partial charge on any atom is -0.396 e. The highest BCUT2D eigenvalue weighted by Gasteiger charge is 2.21. The summed E-state index contributed by atoms with van der Waals surface area (Å²) in [7, 11) is 0. The predicted octanol–water partition coefficient (Wildman–Crippen LogP) is 0.114. The average Bonchev–Trinajstić information content (AvgIpc) is 2.34. The number of aliphatic hydroxyl groups excluding tert-OH is 1. The van der Waals surface area contributed by atoms with Gasteiger partial charge in [0.15, 0.2) is 0 Å². The maximum absolute atomic E-state index is 8.79. The van der Waals surface area contributed by atoms with E-state index in [0.717, 1.165) is 45.7 Å². The summed E-state index contributed by atoms with van der Waals surface area (Å²) in [5.41, 5.74) is 5.82. The van der Waals surface area contributed by atoms with E-state index in [9.17, 15) is 0 Å². The predicted molar refractivity (Wildman–Crippen MR) is 67.5 cm³/mol. The molecule has 0 aromatic heterocycles. The molecule has 4 heteroatoms. The van der Waals surface area contributed by atoms with Gasteiger partial charge in [-0.3, -0.25) is 4.90 Å². The maximum Gasteiger partial charge on any atom is 0.0443 e. The van der Waals surface area contributed by atoms with Gasteiger partial charge in [-0.1, -0.05) is 13.3 Å². The highest BCUT2D eigenvalue weighted by atomic mass is 16.3. The molecule has 1 atom stereocenters. The number of rotatable bonds is 7. The molecule has 1 aliphatic heterocycles. The number of hydrogen-bond donors (Lipinski definition) is 2. The van der Waals surface area contributed by atoms with Gasteiger partial charge in [-0.05, 0) is 12.8 Å². The number of hydrogen-bond acceptors (Lipinski definition) is 4. The van der Waals surface area contributed by atoms with Gasteiger partial charge < -0.3 is 15.7 Å². The summed E-state index contributed by atoms with van der Waals surface area (Å²) < 4.78 is 0. The molecule has 1 heterocycles. The van der Waals surface area contributed by atoms with Crippen LogP contribution in [0.4, 0.5) is 0 Å². The van der Waals surface area contributed by atoms with E-state index in [1.807, 2.05) is 0 Å². The van der Waals surface area contributed by atoms with Crippen LogP contribution in [0.1, 0.15) is 26.2 Å². The fourth-order valence-electron chi connectivity index (χ4n) is 2.43. The van der Waals surface area contributed by atoms with Crippen molar-refractivity contribution >= 4 is 0 Å². The molecule has 0 saturated carbocycles. The molecule has 1 rings (SSSR count). The molecule has 0 aromatic carbocycles. The quantitative estimate of drug-likeness (QED) is 0.651. The zero-order valence-corrected chi connectivity index (χ0v) is 10.6. The molecule has 1 fully saturated rings. The van der Waals surface area contributed by atoms with Gasteiger partial charge in [0.2, 0.25) is 0 Å². The van der Waals surface area contributed by atoms with Gasteiger partial charge >= 0.3 is 0 Å². The molecular weight excluding hydrogens is 202 g/mol. The Morgan fingerprint density at radius 3 is 2.44 bits per heavy atom. The standard InChI is InChI=1S/C12H27N3O/c1-2-4-12(11-13)15-8-6-14(7-9-15)5-3-10-16/h12,16H,2-11,13H2,1H3. The Hall–Kier alpha value is -0.160. The molecule has 0 aromatic rings. The van der Waals surface area contributed by atoms with Crippen LogP contribution in [0, 0.1) is 0 Å². The van der Waals surface area contributed by atoms with Crippen LogP contribution in [0.2, 0.25) is 0 Å². The summed E-state index contributed by atoms with van der Waals surface area (Å²) in [6.07, 6.45) is 3.33. The van der Waals surface area contributed by atoms with Crippen LogP contribution in [0.3, 0.4) is 0 Å². The zero-order valence-electron chi connectivity index (χ0n) is 10.6. The Balaban J connectivity index is 2.24. The molecule has 96 valence electrons. The maximum atomic E-state index is 8.79. The normalized spacial score (nSPS) is 21.2. The van der Waals surface area contributed by atoms with Gasteiger partial charge in [0.25, 0.3) is 0 Å². The lowest BCUT2D eigenvalue weighted by atomic mass is 10.1. The first-order chi connectivity index (χ1) is 7.81. The summed E-state index contributed by atoms with van der Waals surface area (Å²) in [6.45, 7) is 8.86. The third-order valence-electron chi connectivity index (χ3n) is 3.45. The minimum absolute atomic E-state index is 0.307. The Morgan fingerprint density at radius 1 is 1.25 bits per heavy atom. The number of aliphatic hydroxyl groups is 1. The highest BCUT2D eigenvalue weighted by molar-refractivity contribution is 4.78. The van der Waals surface area contributed by atoms with Crippen LogP contribution in [0.15, 0.2) is 0 Å². The molecule has 16 heavy (non-hydrogen) atoms. The number of piperazine rings is 1. The monoisotopic (exact) mass is 229 g/mol. The molecule has 0 amide bonds. The Kier molecular flexibility index (Phi) is 6.96. The van der Waals surface area contributed by atoms with E-state index in [4.69, 9.17) is 10.8 Å². The fourth-order valence-corrected chi connectivity index (χ4v) is 2.43. The first kappa shape index (κ1) is 13.9. The van der Waals surface area contributed by atoms with Crippen molar-refractivity contribution in [3.63, 3.8) is 0 Å². The van der Waals surface area contributed by atoms with E-state index in [2.05, 4.69) is 16.7 Å². The van der Waals surface area contributed by atoms with Crippen LogP contribution in [0.25, 0.3) is 0 Å². The van der Waals surface area contributed by atoms with Crippen molar-refractivity contribution in [1.82, 2.24) is 9.80 Å². The molecule has 1 unspecified atom stereocenters. The summed E-state index contributed by atoms with van der Waals surface area (Å²) in [4.78, 5) is 4.96. The second kappa shape index (κ2) is 8.01. The van der Waals surface area contributed by atoms with Gasteiger partial charge in [-0.15, -0.1) is 0 Å². The first-order valence-corrected chi connectivity index (χ1v) is 6.59. The van der Waals surface area contributed by atoms with Crippen molar-refractivity contribution < 1.29 is 5.11 Å². The molecule has 4 nitrogen and oxygen atoms in total. The van der Waals surface area contributed by atoms with E-state index < -0.39 is 0 Å². The van der Waals surface area contributed by atoms with Gasteiger partial charge in [0.1, 0.15) is 0 Å². The summed E-state index contributed by atoms with van der Waals surface area (Å²) in [6, 6.07) is 0.574. The van der Waals surface area contributed by atoms with Crippen LogP contribution in [0.5, 0.6) is 0 Å². The summed E-state index contributed by atoms with van der Waals surface area (Å²) >= 11 is 0. The summed E-state index contributed by atoms with van der Waals surface area (Å²) in [5, 5.41) is 8.79. The molecule has 1 saturated heterocycles. The highest BCUT2D eigenvalue weighted by Crippen LogP contribution is 2.10. The Labute approximate surface area is 99.4 Å². The average molecular weight is 229 g/mol. The van der Waals surface area contributed by atoms with Crippen LogP contribution >= 0.6 is 0 Å². The minimum atomic E-state index is 0.307. The van der Waals surface area contributed by atoms with Crippen molar-refractivity contribution in [3.05, 3.63) is 0 Å². The zero-order chi connectivity index (χ0) is 11.8. The van der Waals surface area contributed by atoms with E-state index in [1.54, 1.807) is 0 Å². The second-order valence-electron chi connectivity index (χ2n) is 4.63. The fraction of sp³-hybridized carbons (Fsp3) is 1.00. The van der Waals surface area contributed by atoms with E-state index in [-0.39, 0.29) is 0 Å². The number of nitrogens with two attached hydrogens (primary N) is 1. The van der Waals surface area contributed by atoms with Gasteiger partial charge in [0.05, 0.1) is 0 Å². The topological polar surface area (TPSA) is 52.7 Å². The third-order valence-corrected chi connectivity index (χ3v) is 3.45. The van der Waals surface area contributed by atoms with Crippen LogP contribution in [-0.4, -0.2) is 66.8 Å². The molecular formula is C12H27N3O. The van der Waals surface area contributed by atoms with Crippen LogP contribution < -0.4 is 5.73 Å². The second-order valence-corrected chi connectivity index (χ2v) is 4.63. The van der Waals surface area contributed by atoms with Crippen molar-refractivity contribution in [2.75, 3.05) is 45.9 Å². The largest absolute Gasteiger partial charge is 0.396 e. The molecule has 3 N–H and O–H groups in total. The van der Waals surface area contributed by atoms with Crippen molar-refractivity contribution in [2.45, 2.75) is 32.2 Å². The number of nitrogens with zero attached hydrogens (tertiary/aromatic N) is 2.